The molecule has 1 fully saturated rings. The molecule has 0 spiro atoms. The van der Waals surface area contributed by atoms with Crippen molar-refractivity contribution in [1.29, 1.82) is 5.41 Å². The van der Waals surface area contributed by atoms with Gasteiger partial charge in [-0.05, 0) is 13.0 Å². The zero-order valence-corrected chi connectivity index (χ0v) is 10.6. The third-order valence-electron chi connectivity index (χ3n) is 2.75. The zero-order chi connectivity index (χ0) is 12.4. The molecule has 0 bridgehead atoms. The molecule has 90 valence electrons. The van der Waals surface area contributed by atoms with Gasteiger partial charge in [0, 0.05) is 12.7 Å². The monoisotopic (exact) mass is 250 g/mol. The minimum Gasteiger partial charge on any atom is -0.377 e. The van der Waals surface area contributed by atoms with Crippen LogP contribution in [0.2, 0.25) is 0 Å². The highest BCUT2D eigenvalue weighted by Gasteiger charge is 2.30. The maximum Gasteiger partial charge on any atom is 0.243 e. The molecule has 0 aromatic heterocycles. The minimum absolute atomic E-state index is 0.0456. The molecular formula is C12H14N2O2S. The van der Waals surface area contributed by atoms with Crippen molar-refractivity contribution in [2.75, 3.05) is 17.8 Å². The second-order valence-corrected chi connectivity index (χ2v) is 4.72. The summed E-state index contributed by atoms with van der Waals surface area (Å²) in [6, 6.07) is 7.55. The first kappa shape index (κ1) is 12.1. The van der Waals surface area contributed by atoms with Crippen molar-refractivity contribution in [3.63, 3.8) is 0 Å². The molecule has 0 aliphatic carbocycles. The average molecular weight is 250 g/mol. The highest BCUT2D eigenvalue weighted by molar-refractivity contribution is 8.15. The number of rotatable bonds is 3. The van der Waals surface area contributed by atoms with Crippen LogP contribution in [-0.4, -0.2) is 23.9 Å². The number of amides is 1. The van der Waals surface area contributed by atoms with Gasteiger partial charge in [-0.3, -0.25) is 15.1 Å². The van der Waals surface area contributed by atoms with E-state index in [2.05, 4.69) is 0 Å². The van der Waals surface area contributed by atoms with Crippen LogP contribution in [-0.2, 0) is 9.53 Å². The van der Waals surface area contributed by atoms with Crippen molar-refractivity contribution < 1.29 is 9.53 Å². The van der Waals surface area contributed by atoms with E-state index in [4.69, 9.17) is 10.1 Å². The number of benzene rings is 1. The first-order chi connectivity index (χ1) is 8.15. The summed E-state index contributed by atoms with van der Waals surface area (Å²) < 4.78 is 5.29. The average Bonchev–Trinajstić information content (AvgIpc) is 2.68. The summed E-state index contributed by atoms with van der Waals surface area (Å²) in [5.41, 5.74) is 1.68. The number of nitrogens with zero attached hydrogens (tertiary/aromatic N) is 1. The van der Waals surface area contributed by atoms with Crippen molar-refractivity contribution in [1.82, 2.24) is 0 Å². The van der Waals surface area contributed by atoms with Crippen molar-refractivity contribution in [3.05, 3.63) is 29.8 Å². The number of thioether (sulfide) groups is 1. The number of methoxy groups -OCH3 is 1. The Bertz CT molecular complexity index is 446. The van der Waals surface area contributed by atoms with E-state index in [1.807, 2.05) is 31.2 Å². The van der Waals surface area contributed by atoms with E-state index in [1.165, 1.54) is 16.7 Å². The van der Waals surface area contributed by atoms with Gasteiger partial charge in [0.15, 0.2) is 5.17 Å². The smallest absolute Gasteiger partial charge is 0.243 e. The zero-order valence-electron chi connectivity index (χ0n) is 9.77. The van der Waals surface area contributed by atoms with Crippen LogP contribution >= 0.6 is 11.8 Å². The number of amidine groups is 1. The lowest BCUT2D eigenvalue weighted by atomic mass is 10.1. The van der Waals surface area contributed by atoms with E-state index in [-0.39, 0.29) is 17.2 Å². The van der Waals surface area contributed by atoms with Gasteiger partial charge in [-0.2, -0.15) is 0 Å². The Balaban J connectivity index is 2.44. The van der Waals surface area contributed by atoms with Crippen LogP contribution in [0.1, 0.15) is 18.6 Å². The Morgan fingerprint density at radius 2 is 2.18 bits per heavy atom. The molecule has 1 unspecified atom stereocenters. The fourth-order valence-corrected chi connectivity index (χ4v) is 2.50. The molecule has 0 radical (unpaired) electrons. The summed E-state index contributed by atoms with van der Waals surface area (Å²) in [5.74, 6) is 0.296. The molecular weight excluding hydrogens is 236 g/mol. The number of hydrogen-bond acceptors (Lipinski definition) is 4. The molecule has 17 heavy (non-hydrogen) atoms. The topological polar surface area (TPSA) is 53.4 Å². The summed E-state index contributed by atoms with van der Waals surface area (Å²) in [6.45, 7) is 1.93. The normalized spacial score (nSPS) is 17.6. The lowest BCUT2D eigenvalue weighted by molar-refractivity contribution is -0.115. The van der Waals surface area contributed by atoms with Crippen molar-refractivity contribution >= 4 is 28.5 Å². The molecule has 1 aliphatic rings. The van der Waals surface area contributed by atoms with E-state index in [0.717, 1.165) is 11.3 Å². The van der Waals surface area contributed by atoms with Gasteiger partial charge in [-0.1, -0.05) is 30.0 Å². The predicted octanol–water partition coefficient (Wildman–Crippen LogP) is 2.41. The summed E-state index contributed by atoms with van der Waals surface area (Å²) in [6.07, 6.45) is -0.0996. The van der Waals surface area contributed by atoms with Crippen LogP contribution in [0.4, 0.5) is 5.69 Å². The van der Waals surface area contributed by atoms with E-state index >= 15 is 0 Å². The number of hydrogen-bond donors (Lipinski definition) is 1. The molecule has 4 nitrogen and oxygen atoms in total. The van der Waals surface area contributed by atoms with Crippen LogP contribution in [0.25, 0.3) is 0 Å². The second kappa shape index (κ2) is 4.89. The maximum atomic E-state index is 11.8. The first-order valence-corrected chi connectivity index (χ1v) is 6.29. The summed E-state index contributed by atoms with van der Waals surface area (Å²) >= 11 is 1.26. The quantitative estimate of drug-likeness (QED) is 0.896. The third kappa shape index (κ3) is 2.21. The fourth-order valence-electron chi connectivity index (χ4n) is 1.78. The highest BCUT2D eigenvalue weighted by atomic mass is 32.2. The SMILES string of the molecule is COC(C)c1ccccc1N1C(=N)SCC1=O. The van der Waals surface area contributed by atoms with E-state index < -0.39 is 0 Å². The van der Waals surface area contributed by atoms with E-state index in [9.17, 15) is 4.79 Å². The van der Waals surface area contributed by atoms with Gasteiger partial charge in [0.05, 0.1) is 17.5 Å². The number of carbonyl (C=O) groups is 1. The van der Waals surface area contributed by atoms with Gasteiger partial charge in [0.2, 0.25) is 5.91 Å². The van der Waals surface area contributed by atoms with Gasteiger partial charge < -0.3 is 4.74 Å². The molecule has 2 rings (SSSR count). The number of nitrogens with one attached hydrogen (secondary N) is 1. The van der Waals surface area contributed by atoms with Gasteiger partial charge in [-0.15, -0.1) is 0 Å². The molecule has 5 heteroatoms. The van der Waals surface area contributed by atoms with Crippen LogP contribution < -0.4 is 4.90 Å². The van der Waals surface area contributed by atoms with E-state index in [0.29, 0.717) is 5.75 Å². The predicted molar refractivity (Wildman–Crippen MR) is 69.5 cm³/mol. The van der Waals surface area contributed by atoms with Crippen LogP contribution in [0.5, 0.6) is 0 Å². The second-order valence-electron chi connectivity index (χ2n) is 3.76. The van der Waals surface area contributed by atoms with Crippen molar-refractivity contribution in [3.8, 4) is 0 Å². The fraction of sp³-hybridized carbons (Fsp3) is 0.333. The first-order valence-electron chi connectivity index (χ1n) is 5.31. The summed E-state index contributed by atoms with van der Waals surface area (Å²) in [7, 11) is 1.63. The minimum atomic E-state index is -0.0996. The molecule has 1 aromatic carbocycles. The Kier molecular flexibility index (Phi) is 3.49. The molecule has 1 atom stereocenters. The summed E-state index contributed by atoms with van der Waals surface area (Å²) in [5, 5.41) is 8.08. The van der Waals surface area contributed by atoms with Crippen LogP contribution in [0, 0.1) is 5.41 Å². The molecule has 1 aliphatic heterocycles. The Morgan fingerprint density at radius 1 is 1.47 bits per heavy atom. The van der Waals surface area contributed by atoms with Gasteiger partial charge in [-0.25, -0.2) is 0 Å². The molecule has 1 saturated heterocycles. The van der Waals surface area contributed by atoms with Gasteiger partial charge in [0.1, 0.15) is 0 Å². The summed E-state index contributed by atoms with van der Waals surface area (Å²) in [4.78, 5) is 13.2. The van der Waals surface area contributed by atoms with E-state index in [1.54, 1.807) is 7.11 Å². The molecule has 1 aromatic rings. The Morgan fingerprint density at radius 3 is 2.76 bits per heavy atom. The molecule has 1 heterocycles. The highest BCUT2D eigenvalue weighted by Crippen LogP contribution is 2.32. The van der Waals surface area contributed by atoms with Crippen molar-refractivity contribution in [2.45, 2.75) is 13.0 Å². The molecule has 1 amide bonds. The standard InChI is InChI=1S/C12H14N2O2S/c1-8(16-2)9-5-3-4-6-10(9)14-11(15)7-17-12(14)13/h3-6,8,13H,7H2,1-2H3. The number of carbonyl (C=O) groups excluding carboxylic acids is 1. The Hall–Kier alpha value is -1.33. The molecule has 1 N–H and O–H groups in total. The van der Waals surface area contributed by atoms with Crippen molar-refractivity contribution in [2.24, 2.45) is 0 Å². The number of para-hydroxylation sites is 1. The van der Waals surface area contributed by atoms with Gasteiger partial charge in [0.25, 0.3) is 0 Å². The van der Waals surface area contributed by atoms with Gasteiger partial charge >= 0.3 is 0 Å². The number of anilines is 1. The van der Waals surface area contributed by atoms with Crippen LogP contribution in [0.3, 0.4) is 0 Å². The lowest BCUT2D eigenvalue weighted by Gasteiger charge is -2.21. The number of ether oxygens (including phenoxy) is 1. The lowest BCUT2D eigenvalue weighted by Crippen LogP contribution is -2.29. The van der Waals surface area contributed by atoms with Crippen LogP contribution in [0.15, 0.2) is 24.3 Å². The Labute approximate surface area is 104 Å². The maximum absolute atomic E-state index is 11.8. The third-order valence-corrected chi connectivity index (χ3v) is 3.60. The largest absolute Gasteiger partial charge is 0.377 e. The molecule has 0 saturated carbocycles.